The van der Waals surface area contributed by atoms with Crippen molar-refractivity contribution >= 4 is 0 Å². The molecule has 1 saturated carbocycles. The first kappa shape index (κ1) is 13.0. The van der Waals surface area contributed by atoms with Gasteiger partial charge in [0, 0.05) is 24.4 Å². The molecule has 1 aliphatic heterocycles. The Morgan fingerprint density at radius 2 is 1.95 bits per heavy atom. The standard InChI is InChI=1S/C15H23N3O/c19-14-7-3-5-12(14)13-6-1-2-10-18(13)11-15-16-8-4-9-17-15/h4,8-9,12-14,19H,1-3,5-7,10-11H2. The zero-order valence-corrected chi connectivity index (χ0v) is 11.4. The molecule has 2 fully saturated rings. The molecule has 0 bridgehead atoms. The number of aliphatic hydroxyl groups excluding tert-OH is 1. The van der Waals surface area contributed by atoms with E-state index in [0.29, 0.717) is 12.0 Å². The average Bonchev–Trinajstić information content (AvgIpc) is 2.87. The Balaban J connectivity index is 1.70. The van der Waals surface area contributed by atoms with Crippen molar-refractivity contribution in [3.05, 3.63) is 24.3 Å². The lowest BCUT2D eigenvalue weighted by atomic mass is 9.88. The molecule has 1 aromatic rings. The highest BCUT2D eigenvalue weighted by Gasteiger charge is 2.36. The normalized spacial score (nSPS) is 32.6. The van der Waals surface area contributed by atoms with Crippen LogP contribution in [0.15, 0.2) is 18.5 Å². The Hall–Kier alpha value is -1.00. The Labute approximate surface area is 114 Å². The predicted octanol–water partition coefficient (Wildman–Crippen LogP) is 1.99. The minimum Gasteiger partial charge on any atom is -0.393 e. The van der Waals surface area contributed by atoms with Crippen molar-refractivity contribution in [2.75, 3.05) is 6.54 Å². The topological polar surface area (TPSA) is 49.2 Å². The van der Waals surface area contributed by atoms with Gasteiger partial charge < -0.3 is 5.11 Å². The van der Waals surface area contributed by atoms with E-state index in [-0.39, 0.29) is 6.10 Å². The summed E-state index contributed by atoms with van der Waals surface area (Å²) >= 11 is 0. The number of piperidine rings is 1. The number of hydrogen-bond donors (Lipinski definition) is 1. The lowest BCUT2D eigenvalue weighted by Crippen LogP contribution is -2.46. The second-order valence-corrected chi connectivity index (χ2v) is 5.86. The molecular weight excluding hydrogens is 238 g/mol. The summed E-state index contributed by atoms with van der Waals surface area (Å²) in [6.45, 7) is 1.95. The van der Waals surface area contributed by atoms with Gasteiger partial charge >= 0.3 is 0 Å². The van der Waals surface area contributed by atoms with Gasteiger partial charge in [0.25, 0.3) is 0 Å². The van der Waals surface area contributed by atoms with Crippen LogP contribution in [0.1, 0.15) is 44.3 Å². The molecule has 3 unspecified atom stereocenters. The van der Waals surface area contributed by atoms with E-state index >= 15 is 0 Å². The van der Waals surface area contributed by atoms with Crippen LogP contribution in [0.3, 0.4) is 0 Å². The van der Waals surface area contributed by atoms with Crippen molar-refractivity contribution in [3.8, 4) is 0 Å². The fourth-order valence-corrected chi connectivity index (χ4v) is 3.71. The minimum absolute atomic E-state index is 0.0951. The van der Waals surface area contributed by atoms with Crippen LogP contribution in [0, 0.1) is 5.92 Å². The van der Waals surface area contributed by atoms with E-state index in [4.69, 9.17) is 0 Å². The van der Waals surface area contributed by atoms with Gasteiger partial charge in [0.15, 0.2) is 0 Å². The second-order valence-electron chi connectivity index (χ2n) is 5.86. The molecule has 0 spiro atoms. The molecule has 0 amide bonds. The maximum atomic E-state index is 10.2. The van der Waals surface area contributed by atoms with Crippen molar-refractivity contribution in [2.45, 2.75) is 57.2 Å². The lowest BCUT2D eigenvalue weighted by Gasteiger charge is -2.40. The van der Waals surface area contributed by atoms with Gasteiger partial charge in [-0.25, -0.2) is 9.97 Å². The third-order valence-electron chi connectivity index (χ3n) is 4.65. The van der Waals surface area contributed by atoms with Crippen LogP contribution in [0.5, 0.6) is 0 Å². The number of hydrogen-bond acceptors (Lipinski definition) is 4. The first-order chi connectivity index (χ1) is 9.34. The molecule has 1 aromatic heterocycles. The van der Waals surface area contributed by atoms with Gasteiger partial charge in [-0.2, -0.15) is 0 Å². The van der Waals surface area contributed by atoms with E-state index < -0.39 is 0 Å². The van der Waals surface area contributed by atoms with Gasteiger partial charge in [0.2, 0.25) is 0 Å². The molecule has 104 valence electrons. The van der Waals surface area contributed by atoms with E-state index in [1.807, 2.05) is 18.5 Å². The van der Waals surface area contributed by atoms with Crippen LogP contribution in [-0.4, -0.2) is 38.7 Å². The Bertz CT molecular complexity index is 398. The van der Waals surface area contributed by atoms with E-state index in [1.54, 1.807) is 0 Å². The SMILES string of the molecule is OC1CCCC1C1CCCCN1Cc1ncccn1. The zero-order valence-electron chi connectivity index (χ0n) is 11.4. The summed E-state index contributed by atoms with van der Waals surface area (Å²) in [5, 5.41) is 10.2. The Kier molecular flexibility index (Phi) is 4.09. The fraction of sp³-hybridized carbons (Fsp3) is 0.733. The monoisotopic (exact) mass is 261 g/mol. The summed E-state index contributed by atoms with van der Waals surface area (Å²) in [5.74, 6) is 1.37. The van der Waals surface area contributed by atoms with E-state index in [9.17, 15) is 5.11 Å². The van der Waals surface area contributed by atoms with Crippen LogP contribution >= 0.6 is 0 Å². The average molecular weight is 261 g/mol. The van der Waals surface area contributed by atoms with Gasteiger partial charge in [0.05, 0.1) is 12.6 Å². The molecule has 2 aliphatic rings. The molecule has 19 heavy (non-hydrogen) atoms. The molecule has 1 N–H and O–H groups in total. The van der Waals surface area contributed by atoms with E-state index in [1.165, 1.54) is 32.1 Å². The highest BCUT2D eigenvalue weighted by molar-refractivity contribution is 4.94. The molecular formula is C15H23N3O. The number of nitrogens with zero attached hydrogens (tertiary/aromatic N) is 3. The van der Waals surface area contributed by atoms with Gasteiger partial charge in [-0.15, -0.1) is 0 Å². The van der Waals surface area contributed by atoms with E-state index in [0.717, 1.165) is 25.3 Å². The predicted molar refractivity (Wildman–Crippen MR) is 73.4 cm³/mol. The second kappa shape index (κ2) is 5.97. The van der Waals surface area contributed by atoms with Crippen molar-refractivity contribution in [3.63, 3.8) is 0 Å². The molecule has 3 rings (SSSR count). The number of likely N-dealkylation sites (tertiary alicyclic amines) is 1. The maximum absolute atomic E-state index is 10.2. The zero-order chi connectivity index (χ0) is 13.1. The fourth-order valence-electron chi connectivity index (χ4n) is 3.71. The smallest absolute Gasteiger partial charge is 0.142 e. The third-order valence-corrected chi connectivity index (χ3v) is 4.65. The Morgan fingerprint density at radius 3 is 2.68 bits per heavy atom. The molecule has 4 heteroatoms. The summed E-state index contributed by atoms with van der Waals surface area (Å²) in [4.78, 5) is 11.2. The number of rotatable bonds is 3. The van der Waals surface area contributed by atoms with Gasteiger partial charge in [-0.3, -0.25) is 4.90 Å². The molecule has 0 aromatic carbocycles. The van der Waals surface area contributed by atoms with Crippen LogP contribution in [-0.2, 0) is 6.54 Å². The lowest BCUT2D eigenvalue weighted by molar-refractivity contribution is 0.0300. The van der Waals surface area contributed by atoms with Crippen molar-refractivity contribution in [2.24, 2.45) is 5.92 Å². The highest BCUT2D eigenvalue weighted by atomic mass is 16.3. The van der Waals surface area contributed by atoms with Gasteiger partial charge in [-0.1, -0.05) is 12.8 Å². The summed E-state index contributed by atoms with van der Waals surface area (Å²) in [6, 6.07) is 2.38. The molecule has 3 atom stereocenters. The minimum atomic E-state index is -0.0951. The van der Waals surface area contributed by atoms with Gasteiger partial charge in [0.1, 0.15) is 5.82 Å². The summed E-state index contributed by atoms with van der Waals surface area (Å²) in [7, 11) is 0. The first-order valence-electron chi connectivity index (χ1n) is 7.52. The summed E-state index contributed by atoms with van der Waals surface area (Å²) in [5.41, 5.74) is 0. The quantitative estimate of drug-likeness (QED) is 0.904. The van der Waals surface area contributed by atoms with Gasteiger partial charge in [-0.05, 0) is 38.3 Å². The number of aliphatic hydroxyl groups is 1. The van der Waals surface area contributed by atoms with Crippen molar-refractivity contribution < 1.29 is 5.11 Å². The molecule has 2 heterocycles. The molecule has 1 aliphatic carbocycles. The molecule has 0 radical (unpaired) electrons. The third kappa shape index (κ3) is 2.95. The summed E-state index contributed by atoms with van der Waals surface area (Å²) in [6.07, 6.45) is 10.6. The highest BCUT2D eigenvalue weighted by Crippen LogP contribution is 2.35. The summed E-state index contributed by atoms with van der Waals surface area (Å²) < 4.78 is 0. The van der Waals surface area contributed by atoms with Crippen molar-refractivity contribution in [1.29, 1.82) is 0 Å². The van der Waals surface area contributed by atoms with Crippen LogP contribution < -0.4 is 0 Å². The van der Waals surface area contributed by atoms with E-state index in [2.05, 4.69) is 14.9 Å². The largest absolute Gasteiger partial charge is 0.393 e. The number of aromatic nitrogens is 2. The van der Waals surface area contributed by atoms with Crippen LogP contribution in [0.2, 0.25) is 0 Å². The molecule has 1 saturated heterocycles. The Morgan fingerprint density at radius 1 is 1.11 bits per heavy atom. The first-order valence-corrected chi connectivity index (χ1v) is 7.52. The van der Waals surface area contributed by atoms with Crippen LogP contribution in [0.4, 0.5) is 0 Å². The van der Waals surface area contributed by atoms with Crippen molar-refractivity contribution in [1.82, 2.24) is 14.9 Å². The maximum Gasteiger partial charge on any atom is 0.142 e. The molecule has 4 nitrogen and oxygen atoms in total. The van der Waals surface area contributed by atoms with Crippen LogP contribution in [0.25, 0.3) is 0 Å².